The lowest BCUT2D eigenvalue weighted by molar-refractivity contribution is -0.383. The Kier molecular flexibility index (Phi) is 4.50. The average Bonchev–Trinajstić information content (AvgIpc) is 2.48. The van der Waals surface area contributed by atoms with Crippen LogP contribution >= 0.6 is 0 Å². The molecule has 108 valence electrons. The molecule has 0 aromatic heterocycles. The van der Waals surface area contributed by atoms with Crippen LogP contribution in [-0.4, -0.2) is 24.4 Å². The predicted octanol–water partition coefficient (Wildman–Crippen LogP) is 2.67. The molecule has 2 aromatic rings. The van der Waals surface area contributed by atoms with E-state index in [4.69, 9.17) is 0 Å². The molecule has 0 heterocycles. The number of nitrogens with one attached hydrogen (secondary N) is 1. The van der Waals surface area contributed by atoms with Crippen LogP contribution in [0.15, 0.2) is 54.6 Å². The van der Waals surface area contributed by atoms with Crippen LogP contribution in [-0.2, 0) is 4.79 Å². The molecule has 1 amide bonds. The number of hydrogen-bond acceptors (Lipinski definition) is 4. The maximum atomic E-state index is 12.0. The molecule has 0 radical (unpaired) electrons. The van der Waals surface area contributed by atoms with Crippen LogP contribution in [0.5, 0.6) is 0 Å². The van der Waals surface area contributed by atoms with E-state index in [0.717, 1.165) is 5.69 Å². The second kappa shape index (κ2) is 6.51. The van der Waals surface area contributed by atoms with Gasteiger partial charge in [0.1, 0.15) is 5.69 Å². The number of carbonyl (C=O) groups is 1. The molecule has 0 aliphatic heterocycles. The van der Waals surface area contributed by atoms with E-state index in [2.05, 4.69) is 5.32 Å². The van der Waals surface area contributed by atoms with Crippen molar-refractivity contribution in [3.05, 3.63) is 64.7 Å². The first-order valence-corrected chi connectivity index (χ1v) is 6.37. The number of hydrogen-bond donors (Lipinski definition) is 1. The third kappa shape index (κ3) is 3.79. The number of rotatable bonds is 5. The number of para-hydroxylation sites is 3. The molecule has 0 bridgehead atoms. The Morgan fingerprint density at radius 2 is 1.76 bits per heavy atom. The Morgan fingerprint density at radius 3 is 2.43 bits per heavy atom. The number of nitro groups is 1. The van der Waals surface area contributed by atoms with Gasteiger partial charge in [-0.15, -0.1) is 0 Å². The lowest BCUT2D eigenvalue weighted by Gasteiger charge is -2.18. The summed E-state index contributed by atoms with van der Waals surface area (Å²) in [5, 5.41) is 13.5. The Morgan fingerprint density at radius 1 is 1.14 bits per heavy atom. The van der Waals surface area contributed by atoms with Gasteiger partial charge in [0.05, 0.1) is 11.5 Å². The van der Waals surface area contributed by atoms with Crippen molar-refractivity contribution in [1.82, 2.24) is 0 Å². The molecular formula is C15H15N3O3. The van der Waals surface area contributed by atoms with Crippen LogP contribution in [0.4, 0.5) is 17.1 Å². The van der Waals surface area contributed by atoms with Crippen molar-refractivity contribution >= 4 is 23.0 Å². The lowest BCUT2D eigenvalue weighted by atomic mass is 10.2. The molecule has 2 rings (SSSR count). The van der Waals surface area contributed by atoms with Gasteiger partial charge in [-0.25, -0.2) is 0 Å². The predicted molar refractivity (Wildman–Crippen MR) is 81.4 cm³/mol. The molecule has 0 saturated heterocycles. The fourth-order valence-corrected chi connectivity index (χ4v) is 1.92. The Balaban J connectivity index is 2.04. The van der Waals surface area contributed by atoms with Crippen molar-refractivity contribution in [2.24, 2.45) is 0 Å². The normalized spacial score (nSPS) is 9.95. The monoisotopic (exact) mass is 285 g/mol. The van der Waals surface area contributed by atoms with Gasteiger partial charge in [-0.2, -0.15) is 0 Å². The van der Waals surface area contributed by atoms with Gasteiger partial charge in [0.25, 0.3) is 5.69 Å². The van der Waals surface area contributed by atoms with Gasteiger partial charge in [-0.3, -0.25) is 14.9 Å². The van der Waals surface area contributed by atoms with E-state index >= 15 is 0 Å². The van der Waals surface area contributed by atoms with Gasteiger partial charge in [-0.05, 0) is 18.2 Å². The zero-order valence-corrected chi connectivity index (χ0v) is 11.5. The van der Waals surface area contributed by atoms with Gasteiger partial charge in [0.15, 0.2) is 0 Å². The molecule has 21 heavy (non-hydrogen) atoms. The summed E-state index contributed by atoms with van der Waals surface area (Å²) in [7, 11) is 1.79. The van der Waals surface area contributed by atoms with Crippen molar-refractivity contribution in [3.63, 3.8) is 0 Å². The first kappa shape index (κ1) is 14.5. The third-order valence-corrected chi connectivity index (χ3v) is 2.95. The first-order valence-electron chi connectivity index (χ1n) is 6.37. The molecule has 0 atom stereocenters. The molecule has 0 spiro atoms. The van der Waals surface area contributed by atoms with E-state index in [0.29, 0.717) is 0 Å². The van der Waals surface area contributed by atoms with Crippen molar-refractivity contribution in [2.45, 2.75) is 0 Å². The smallest absolute Gasteiger partial charge is 0.292 e. The second-order valence-electron chi connectivity index (χ2n) is 4.51. The molecule has 0 fully saturated rings. The van der Waals surface area contributed by atoms with E-state index in [1.54, 1.807) is 24.1 Å². The van der Waals surface area contributed by atoms with Crippen molar-refractivity contribution < 1.29 is 9.72 Å². The Labute approximate surface area is 122 Å². The molecule has 0 aliphatic rings. The van der Waals surface area contributed by atoms with E-state index in [1.165, 1.54) is 12.1 Å². The number of carbonyl (C=O) groups excluding carboxylic acids is 1. The lowest BCUT2D eigenvalue weighted by Crippen LogP contribution is -2.30. The second-order valence-corrected chi connectivity index (χ2v) is 4.51. The summed E-state index contributed by atoms with van der Waals surface area (Å²) >= 11 is 0. The van der Waals surface area contributed by atoms with E-state index in [1.807, 2.05) is 30.3 Å². The maximum absolute atomic E-state index is 12.0. The van der Waals surface area contributed by atoms with Crippen molar-refractivity contribution in [3.8, 4) is 0 Å². The van der Waals surface area contributed by atoms with Crippen LogP contribution in [0.3, 0.4) is 0 Å². The standard InChI is InChI=1S/C15H15N3O3/c1-17(12-7-3-2-4-8-12)11-15(19)16-13-9-5-6-10-14(13)18(20)21/h2-10H,11H2,1H3,(H,16,19). The van der Waals surface area contributed by atoms with Gasteiger partial charge < -0.3 is 10.2 Å². The molecule has 2 aromatic carbocycles. The summed E-state index contributed by atoms with van der Waals surface area (Å²) in [6, 6.07) is 15.5. The van der Waals surface area contributed by atoms with Gasteiger partial charge in [0.2, 0.25) is 5.91 Å². The average molecular weight is 285 g/mol. The largest absolute Gasteiger partial charge is 0.365 e. The first-order chi connectivity index (χ1) is 10.1. The highest BCUT2D eigenvalue weighted by molar-refractivity contribution is 5.95. The molecule has 6 nitrogen and oxygen atoms in total. The molecule has 0 aliphatic carbocycles. The SMILES string of the molecule is CN(CC(=O)Nc1ccccc1[N+](=O)[O-])c1ccccc1. The maximum Gasteiger partial charge on any atom is 0.292 e. The summed E-state index contributed by atoms with van der Waals surface area (Å²) < 4.78 is 0. The number of nitro benzene ring substituents is 1. The van der Waals surface area contributed by atoms with Crippen LogP contribution in [0.1, 0.15) is 0 Å². The van der Waals surface area contributed by atoms with Crippen LogP contribution in [0.2, 0.25) is 0 Å². The fourth-order valence-electron chi connectivity index (χ4n) is 1.92. The summed E-state index contributed by atoms with van der Waals surface area (Å²) in [6.45, 7) is 0.107. The van der Waals surface area contributed by atoms with Crippen LogP contribution < -0.4 is 10.2 Å². The van der Waals surface area contributed by atoms with Gasteiger partial charge >= 0.3 is 0 Å². The minimum atomic E-state index is -0.517. The van der Waals surface area contributed by atoms with Crippen LogP contribution in [0, 0.1) is 10.1 Å². The Hall–Kier alpha value is -2.89. The zero-order chi connectivity index (χ0) is 15.2. The molecule has 6 heteroatoms. The van der Waals surface area contributed by atoms with Crippen molar-refractivity contribution in [1.29, 1.82) is 0 Å². The Bertz CT molecular complexity index is 644. The highest BCUT2D eigenvalue weighted by Gasteiger charge is 2.15. The third-order valence-electron chi connectivity index (χ3n) is 2.95. The van der Waals surface area contributed by atoms with Gasteiger partial charge in [-0.1, -0.05) is 30.3 Å². The molecular weight excluding hydrogens is 270 g/mol. The topological polar surface area (TPSA) is 75.5 Å². The number of amides is 1. The number of anilines is 2. The summed E-state index contributed by atoms with van der Waals surface area (Å²) in [5.74, 6) is -0.310. The minimum absolute atomic E-state index is 0.107. The highest BCUT2D eigenvalue weighted by atomic mass is 16.6. The number of likely N-dealkylation sites (N-methyl/N-ethyl adjacent to an activating group) is 1. The summed E-state index contributed by atoms with van der Waals surface area (Å²) in [5.41, 5.74) is 0.984. The number of nitrogens with zero attached hydrogens (tertiary/aromatic N) is 2. The molecule has 0 saturated carbocycles. The van der Waals surface area contributed by atoms with E-state index < -0.39 is 4.92 Å². The molecule has 0 unspecified atom stereocenters. The summed E-state index contributed by atoms with van der Waals surface area (Å²) in [4.78, 5) is 24.1. The van der Waals surface area contributed by atoms with Crippen LogP contribution in [0.25, 0.3) is 0 Å². The summed E-state index contributed by atoms with van der Waals surface area (Å²) in [6.07, 6.45) is 0. The van der Waals surface area contributed by atoms with Gasteiger partial charge in [0, 0.05) is 18.8 Å². The quantitative estimate of drug-likeness (QED) is 0.677. The minimum Gasteiger partial charge on any atom is -0.365 e. The zero-order valence-electron chi connectivity index (χ0n) is 11.5. The van der Waals surface area contributed by atoms with Crippen molar-refractivity contribution in [2.75, 3.05) is 23.8 Å². The highest BCUT2D eigenvalue weighted by Crippen LogP contribution is 2.23. The fraction of sp³-hybridized carbons (Fsp3) is 0.133. The number of benzene rings is 2. The van der Waals surface area contributed by atoms with E-state index in [9.17, 15) is 14.9 Å². The molecule has 1 N–H and O–H groups in total. The van der Waals surface area contributed by atoms with E-state index in [-0.39, 0.29) is 23.8 Å².